The summed E-state index contributed by atoms with van der Waals surface area (Å²) in [6, 6.07) is 9.53. The molecule has 1 aliphatic rings. The van der Waals surface area contributed by atoms with Crippen molar-refractivity contribution < 1.29 is 27.5 Å². The highest BCUT2D eigenvalue weighted by Gasteiger charge is 2.53. The van der Waals surface area contributed by atoms with Crippen molar-refractivity contribution in [1.29, 1.82) is 0 Å². The maximum atomic E-state index is 13.1. The van der Waals surface area contributed by atoms with E-state index in [1.54, 1.807) is 0 Å². The third-order valence-corrected chi connectivity index (χ3v) is 4.15. The van der Waals surface area contributed by atoms with E-state index in [0.29, 0.717) is 10.0 Å². The van der Waals surface area contributed by atoms with Crippen molar-refractivity contribution in [3.8, 4) is 0 Å². The largest absolute Gasteiger partial charge is 0.431 e. The van der Waals surface area contributed by atoms with Crippen LogP contribution in [-0.2, 0) is 5.72 Å². The maximum Gasteiger partial charge on any atom is 0.431 e. The lowest BCUT2D eigenvalue weighted by molar-refractivity contribution is -0.0816. The lowest BCUT2D eigenvalue weighted by Crippen LogP contribution is -2.43. The van der Waals surface area contributed by atoms with Crippen LogP contribution in [0.3, 0.4) is 0 Å². The average molecular weight is 387 g/mol. The lowest BCUT2D eigenvalue weighted by atomic mass is 9.96. The van der Waals surface area contributed by atoms with E-state index in [4.69, 9.17) is 11.6 Å². The van der Waals surface area contributed by atoms with Crippen LogP contribution in [0.1, 0.15) is 22.3 Å². The van der Waals surface area contributed by atoms with E-state index in [2.05, 4.69) is 5.10 Å². The van der Waals surface area contributed by atoms with E-state index in [1.807, 2.05) is 0 Å². The molecular weight excluding hydrogens is 376 g/mol. The Kier molecular flexibility index (Phi) is 4.49. The van der Waals surface area contributed by atoms with Gasteiger partial charge in [0.05, 0.1) is 6.42 Å². The SMILES string of the molecule is O=C(c1ccc(Cl)cc1)N1N=C(C(F)(F)F)C[C@@]1(O)c1ccc(F)cc1. The minimum absolute atomic E-state index is 0.0119. The van der Waals surface area contributed by atoms with Gasteiger partial charge in [0.2, 0.25) is 0 Å². The Hall–Kier alpha value is -2.45. The number of hydrogen-bond donors (Lipinski definition) is 1. The van der Waals surface area contributed by atoms with Gasteiger partial charge in [0.25, 0.3) is 5.91 Å². The van der Waals surface area contributed by atoms with Gasteiger partial charge in [-0.15, -0.1) is 0 Å². The Balaban J connectivity index is 2.06. The summed E-state index contributed by atoms with van der Waals surface area (Å²) in [5.41, 5.74) is -3.81. The predicted molar refractivity (Wildman–Crippen MR) is 86.0 cm³/mol. The molecule has 0 spiro atoms. The highest BCUT2D eigenvalue weighted by Crippen LogP contribution is 2.40. The van der Waals surface area contributed by atoms with Crippen LogP contribution < -0.4 is 0 Å². The summed E-state index contributed by atoms with van der Waals surface area (Å²) in [5.74, 6) is -1.59. The molecule has 0 saturated carbocycles. The quantitative estimate of drug-likeness (QED) is 0.790. The Morgan fingerprint density at radius 3 is 2.23 bits per heavy atom. The molecule has 2 aromatic carbocycles. The minimum Gasteiger partial charge on any atom is -0.365 e. The molecule has 0 bridgehead atoms. The first-order valence-electron chi connectivity index (χ1n) is 7.34. The number of benzene rings is 2. The molecule has 2 aromatic rings. The summed E-state index contributed by atoms with van der Waals surface area (Å²) in [6.07, 6.45) is -5.80. The molecule has 1 N–H and O–H groups in total. The van der Waals surface area contributed by atoms with Crippen LogP contribution in [0.5, 0.6) is 0 Å². The van der Waals surface area contributed by atoms with E-state index >= 15 is 0 Å². The second kappa shape index (κ2) is 6.37. The standard InChI is InChI=1S/C17H11ClF4N2O2/c18-12-5-1-10(2-6-12)15(25)24-16(26,9-14(23-24)17(20,21)22)11-3-7-13(19)8-4-11/h1-8,26H,9H2/t16-/m1/s1. The first kappa shape index (κ1) is 18.3. The molecular formula is C17H11ClF4N2O2. The lowest BCUT2D eigenvalue weighted by Gasteiger charge is -2.31. The first-order chi connectivity index (χ1) is 12.1. The summed E-state index contributed by atoms with van der Waals surface area (Å²) < 4.78 is 52.5. The van der Waals surface area contributed by atoms with Crippen molar-refractivity contribution in [3.63, 3.8) is 0 Å². The van der Waals surface area contributed by atoms with E-state index in [0.717, 1.165) is 24.3 Å². The van der Waals surface area contributed by atoms with Gasteiger partial charge in [-0.05, 0) is 36.4 Å². The number of alkyl halides is 3. The number of carbonyl (C=O) groups excluding carboxylic acids is 1. The third kappa shape index (κ3) is 3.30. The normalized spacial score (nSPS) is 20.2. The van der Waals surface area contributed by atoms with Crippen LogP contribution in [0.25, 0.3) is 0 Å². The van der Waals surface area contributed by atoms with Crippen molar-refractivity contribution in [2.24, 2.45) is 5.10 Å². The smallest absolute Gasteiger partial charge is 0.365 e. The van der Waals surface area contributed by atoms with Crippen LogP contribution in [0.4, 0.5) is 17.6 Å². The molecule has 1 atom stereocenters. The van der Waals surface area contributed by atoms with E-state index in [9.17, 15) is 27.5 Å². The molecule has 1 amide bonds. The van der Waals surface area contributed by atoms with Gasteiger partial charge in [0.1, 0.15) is 11.5 Å². The molecule has 9 heteroatoms. The molecule has 4 nitrogen and oxygen atoms in total. The average Bonchev–Trinajstić information content (AvgIpc) is 2.94. The van der Waals surface area contributed by atoms with Crippen LogP contribution in [0, 0.1) is 5.82 Å². The molecule has 26 heavy (non-hydrogen) atoms. The molecule has 1 heterocycles. The molecule has 0 aromatic heterocycles. The third-order valence-electron chi connectivity index (χ3n) is 3.90. The Morgan fingerprint density at radius 1 is 1.12 bits per heavy atom. The highest BCUT2D eigenvalue weighted by molar-refractivity contribution is 6.30. The fourth-order valence-electron chi connectivity index (χ4n) is 2.57. The fraction of sp³-hybridized carbons (Fsp3) is 0.176. The van der Waals surface area contributed by atoms with Gasteiger partial charge < -0.3 is 5.11 Å². The van der Waals surface area contributed by atoms with Crippen LogP contribution in [-0.4, -0.2) is 27.9 Å². The second-order valence-corrected chi connectivity index (χ2v) is 6.11. The fourth-order valence-corrected chi connectivity index (χ4v) is 2.70. The van der Waals surface area contributed by atoms with Crippen molar-refractivity contribution >= 4 is 23.2 Å². The zero-order valence-corrected chi connectivity index (χ0v) is 13.7. The molecule has 0 aliphatic carbocycles. The van der Waals surface area contributed by atoms with Gasteiger partial charge >= 0.3 is 6.18 Å². The number of nitrogens with zero attached hydrogens (tertiary/aromatic N) is 2. The van der Waals surface area contributed by atoms with Gasteiger partial charge in [0, 0.05) is 16.1 Å². The summed E-state index contributed by atoms with van der Waals surface area (Å²) in [7, 11) is 0. The first-order valence-corrected chi connectivity index (χ1v) is 7.72. The molecule has 0 saturated heterocycles. The topological polar surface area (TPSA) is 52.9 Å². The van der Waals surface area contributed by atoms with Gasteiger partial charge in [-0.1, -0.05) is 23.7 Å². The monoisotopic (exact) mass is 386 g/mol. The van der Waals surface area contributed by atoms with Crippen LogP contribution in [0.15, 0.2) is 53.6 Å². The number of carbonyl (C=O) groups is 1. The number of hydrogen-bond acceptors (Lipinski definition) is 3. The number of halogens is 5. The van der Waals surface area contributed by atoms with E-state index < -0.39 is 35.8 Å². The van der Waals surface area contributed by atoms with E-state index in [-0.39, 0.29) is 11.1 Å². The van der Waals surface area contributed by atoms with Gasteiger partial charge in [-0.25, -0.2) is 4.39 Å². The number of aliphatic hydroxyl groups is 1. The second-order valence-electron chi connectivity index (χ2n) is 5.67. The van der Waals surface area contributed by atoms with Crippen LogP contribution >= 0.6 is 11.6 Å². The van der Waals surface area contributed by atoms with Gasteiger partial charge in [-0.3, -0.25) is 4.79 Å². The number of rotatable bonds is 2. The molecule has 3 rings (SSSR count). The van der Waals surface area contributed by atoms with Gasteiger partial charge in [-0.2, -0.15) is 23.3 Å². The maximum absolute atomic E-state index is 13.1. The predicted octanol–water partition coefficient (Wildman–Crippen LogP) is 4.09. The summed E-state index contributed by atoms with van der Waals surface area (Å²) >= 11 is 5.74. The summed E-state index contributed by atoms with van der Waals surface area (Å²) in [5, 5.41) is 14.9. The van der Waals surface area contributed by atoms with Crippen LogP contribution in [0.2, 0.25) is 5.02 Å². The molecule has 1 aliphatic heterocycles. The summed E-state index contributed by atoms with van der Waals surface area (Å²) in [4.78, 5) is 12.7. The molecule has 136 valence electrons. The molecule has 0 radical (unpaired) electrons. The summed E-state index contributed by atoms with van der Waals surface area (Å²) in [6.45, 7) is 0. The minimum atomic E-state index is -4.83. The van der Waals surface area contributed by atoms with Crippen molar-refractivity contribution in [1.82, 2.24) is 5.01 Å². The molecule has 0 unspecified atom stereocenters. The zero-order chi connectivity index (χ0) is 19.1. The van der Waals surface area contributed by atoms with Crippen molar-refractivity contribution in [2.45, 2.75) is 18.3 Å². The van der Waals surface area contributed by atoms with Crippen molar-refractivity contribution in [2.75, 3.05) is 0 Å². The zero-order valence-electron chi connectivity index (χ0n) is 13.0. The Morgan fingerprint density at radius 2 is 1.69 bits per heavy atom. The Bertz CT molecular complexity index is 866. The Labute approximate surface area is 150 Å². The van der Waals surface area contributed by atoms with E-state index in [1.165, 1.54) is 24.3 Å². The number of hydrazone groups is 1. The number of amides is 1. The molecule has 0 fully saturated rings. The van der Waals surface area contributed by atoms with Gasteiger partial charge in [0.15, 0.2) is 5.72 Å². The highest BCUT2D eigenvalue weighted by atomic mass is 35.5. The van der Waals surface area contributed by atoms with Crippen molar-refractivity contribution in [3.05, 3.63) is 70.5 Å².